The van der Waals surface area contributed by atoms with Gasteiger partial charge in [0.25, 0.3) is 0 Å². The first kappa shape index (κ1) is 18.4. The molecule has 0 radical (unpaired) electrons. The summed E-state index contributed by atoms with van der Waals surface area (Å²) < 4.78 is 13.0. The molecule has 0 saturated heterocycles. The standard InChI is InChI=1S/C22H17ClFNS/c1-16-2-10-20(11-3-16)25-22(17-4-6-18(23)7-5-17)14-15-26-21-12-8-19(24)9-13-21/h2-15H,1H3. The molecule has 3 aromatic rings. The van der Waals surface area contributed by atoms with E-state index < -0.39 is 0 Å². The van der Waals surface area contributed by atoms with Gasteiger partial charge in [-0.25, -0.2) is 9.38 Å². The maximum absolute atomic E-state index is 13.0. The number of aryl methyl sites for hydroxylation is 1. The predicted octanol–water partition coefficient (Wildman–Crippen LogP) is 7.21. The first-order chi connectivity index (χ1) is 12.6. The third-order valence-electron chi connectivity index (χ3n) is 3.67. The molecule has 0 atom stereocenters. The topological polar surface area (TPSA) is 12.4 Å². The van der Waals surface area contributed by atoms with Gasteiger partial charge in [-0.2, -0.15) is 0 Å². The lowest BCUT2D eigenvalue weighted by Gasteiger charge is -2.04. The van der Waals surface area contributed by atoms with Gasteiger partial charge in [-0.3, -0.25) is 0 Å². The second-order valence-corrected chi connectivity index (χ2v) is 7.13. The molecule has 26 heavy (non-hydrogen) atoms. The van der Waals surface area contributed by atoms with Crippen LogP contribution in [0.5, 0.6) is 0 Å². The van der Waals surface area contributed by atoms with Crippen LogP contribution in [0.25, 0.3) is 0 Å². The number of halogens is 2. The van der Waals surface area contributed by atoms with E-state index in [0.717, 1.165) is 21.9 Å². The molecule has 0 saturated carbocycles. The number of rotatable bonds is 5. The monoisotopic (exact) mass is 381 g/mol. The van der Waals surface area contributed by atoms with Crippen LogP contribution in [0.1, 0.15) is 11.1 Å². The summed E-state index contributed by atoms with van der Waals surface area (Å²) in [7, 11) is 0. The van der Waals surface area contributed by atoms with E-state index >= 15 is 0 Å². The van der Waals surface area contributed by atoms with Crippen LogP contribution in [0.2, 0.25) is 5.02 Å². The average molecular weight is 382 g/mol. The third kappa shape index (κ3) is 5.32. The van der Waals surface area contributed by atoms with E-state index in [1.54, 1.807) is 12.1 Å². The smallest absolute Gasteiger partial charge is 0.123 e. The highest BCUT2D eigenvalue weighted by Crippen LogP contribution is 2.21. The molecule has 0 N–H and O–H groups in total. The number of thioether (sulfide) groups is 1. The molecule has 0 aliphatic rings. The van der Waals surface area contributed by atoms with Crippen molar-refractivity contribution in [2.45, 2.75) is 11.8 Å². The molecule has 3 aromatic carbocycles. The van der Waals surface area contributed by atoms with Gasteiger partial charge in [-0.05, 0) is 66.9 Å². The number of hydrogen-bond acceptors (Lipinski definition) is 2. The largest absolute Gasteiger partial charge is 0.248 e. The summed E-state index contributed by atoms with van der Waals surface area (Å²) in [6, 6.07) is 22.1. The van der Waals surface area contributed by atoms with Gasteiger partial charge in [0.2, 0.25) is 0 Å². The SMILES string of the molecule is Cc1ccc(N=C(C=CSc2ccc(F)cc2)c2ccc(Cl)cc2)cc1. The Morgan fingerprint density at radius 2 is 1.58 bits per heavy atom. The number of nitrogens with zero attached hydrogens (tertiary/aromatic N) is 1. The van der Waals surface area contributed by atoms with Crippen molar-refractivity contribution in [1.82, 2.24) is 0 Å². The predicted molar refractivity (Wildman–Crippen MR) is 110 cm³/mol. The van der Waals surface area contributed by atoms with E-state index in [-0.39, 0.29) is 5.82 Å². The van der Waals surface area contributed by atoms with Gasteiger partial charge >= 0.3 is 0 Å². The van der Waals surface area contributed by atoms with Gasteiger partial charge in [-0.15, -0.1) is 0 Å². The zero-order valence-electron chi connectivity index (χ0n) is 14.2. The van der Waals surface area contributed by atoms with Crippen molar-refractivity contribution in [2.24, 2.45) is 4.99 Å². The van der Waals surface area contributed by atoms with Gasteiger partial charge in [0.05, 0.1) is 11.4 Å². The van der Waals surface area contributed by atoms with Crippen molar-refractivity contribution >= 4 is 34.8 Å². The van der Waals surface area contributed by atoms with Crippen molar-refractivity contribution in [1.29, 1.82) is 0 Å². The lowest BCUT2D eigenvalue weighted by Crippen LogP contribution is -1.95. The summed E-state index contributed by atoms with van der Waals surface area (Å²) in [4.78, 5) is 5.72. The van der Waals surface area contributed by atoms with E-state index in [1.165, 1.54) is 29.5 Å². The third-order valence-corrected chi connectivity index (χ3v) is 4.74. The fourth-order valence-electron chi connectivity index (χ4n) is 2.27. The zero-order chi connectivity index (χ0) is 18.4. The minimum Gasteiger partial charge on any atom is -0.248 e. The fourth-order valence-corrected chi connectivity index (χ4v) is 3.04. The molecular weight excluding hydrogens is 365 g/mol. The molecule has 130 valence electrons. The molecule has 0 aliphatic heterocycles. The first-order valence-corrected chi connectivity index (χ1v) is 9.36. The van der Waals surface area contributed by atoms with E-state index in [0.29, 0.717) is 5.02 Å². The lowest BCUT2D eigenvalue weighted by molar-refractivity contribution is 0.626. The van der Waals surface area contributed by atoms with Crippen LogP contribution in [0.15, 0.2) is 94.2 Å². The Bertz CT molecular complexity index is 914. The number of allylic oxidation sites excluding steroid dienone is 1. The van der Waals surface area contributed by atoms with E-state index in [9.17, 15) is 4.39 Å². The number of benzene rings is 3. The van der Waals surface area contributed by atoms with Crippen molar-refractivity contribution in [2.75, 3.05) is 0 Å². The molecule has 0 aliphatic carbocycles. The Morgan fingerprint density at radius 3 is 2.23 bits per heavy atom. The molecule has 0 heterocycles. The lowest BCUT2D eigenvalue weighted by atomic mass is 10.1. The maximum atomic E-state index is 13.0. The number of hydrogen-bond donors (Lipinski definition) is 0. The molecule has 0 spiro atoms. The van der Waals surface area contributed by atoms with Crippen LogP contribution in [0.4, 0.5) is 10.1 Å². The summed E-state index contributed by atoms with van der Waals surface area (Å²) in [6.45, 7) is 2.05. The molecule has 0 unspecified atom stereocenters. The Labute approximate surface area is 162 Å². The van der Waals surface area contributed by atoms with Crippen LogP contribution in [0, 0.1) is 12.7 Å². The minimum atomic E-state index is -0.235. The summed E-state index contributed by atoms with van der Waals surface area (Å²) in [5, 5.41) is 2.64. The van der Waals surface area contributed by atoms with E-state index in [2.05, 4.69) is 0 Å². The summed E-state index contributed by atoms with van der Waals surface area (Å²) in [5.41, 5.74) is 3.89. The highest BCUT2D eigenvalue weighted by molar-refractivity contribution is 8.02. The molecule has 0 aromatic heterocycles. The summed E-state index contributed by atoms with van der Waals surface area (Å²) in [5.74, 6) is -0.235. The molecule has 3 rings (SSSR count). The van der Waals surface area contributed by atoms with Crippen LogP contribution >= 0.6 is 23.4 Å². The van der Waals surface area contributed by atoms with Crippen molar-refractivity contribution in [3.63, 3.8) is 0 Å². The normalized spacial score (nSPS) is 11.9. The highest BCUT2D eigenvalue weighted by Gasteiger charge is 2.02. The second-order valence-electron chi connectivity index (χ2n) is 5.71. The van der Waals surface area contributed by atoms with Crippen LogP contribution in [-0.4, -0.2) is 5.71 Å². The van der Waals surface area contributed by atoms with Gasteiger partial charge in [0.1, 0.15) is 5.82 Å². The number of aliphatic imine (C=N–C) groups is 1. The van der Waals surface area contributed by atoms with Crippen molar-refractivity contribution in [3.8, 4) is 0 Å². The highest BCUT2D eigenvalue weighted by atomic mass is 35.5. The molecule has 4 heteroatoms. The Balaban J connectivity index is 1.87. The summed E-state index contributed by atoms with van der Waals surface area (Å²) >= 11 is 7.51. The minimum absolute atomic E-state index is 0.235. The van der Waals surface area contributed by atoms with Gasteiger partial charge in [-0.1, -0.05) is 53.2 Å². The van der Waals surface area contributed by atoms with E-state index in [4.69, 9.17) is 16.6 Å². The van der Waals surface area contributed by atoms with Crippen LogP contribution < -0.4 is 0 Å². The van der Waals surface area contributed by atoms with Gasteiger partial charge < -0.3 is 0 Å². The zero-order valence-corrected chi connectivity index (χ0v) is 15.8. The van der Waals surface area contributed by atoms with Crippen molar-refractivity contribution < 1.29 is 4.39 Å². The molecule has 0 fully saturated rings. The Morgan fingerprint density at radius 1 is 0.923 bits per heavy atom. The molecule has 0 bridgehead atoms. The average Bonchev–Trinajstić information content (AvgIpc) is 2.65. The van der Waals surface area contributed by atoms with E-state index in [1.807, 2.05) is 66.9 Å². The fraction of sp³-hybridized carbons (Fsp3) is 0.0455. The van der Waals surface area contributed by atoms with Gasteiger partial charge in [0.15, 0.2) is 0 Å². The molecule has 0 amide bonds. The molecule has 1 nitrogen and oxygen atoms in total. The Kier molecular flexibility index (Phi) is 6.26. The van der Waals surface area contributed by atoms with Crippen LogP contribution in [0.3, 0.4) is 0 Å². The van der Waals surface area contributed by atoms with Crippen LogP contribution in [-0.2, 0) is 0 Å². The van der Waals surface area contributed by atoms with Gasteiger partial charge in [0, 0.05) is 15.5 Å². The Hall–Kier alpha value is -2.36. The first-order valence-electron chi connectivity index (χ1n) is 8.10. The quantitative estimate of drug-likeness (QED) is 0.336. The maximum Gasteiger partial charge on any atom is 0.123 e. The summed E-state index contributed by atoms with van der Waals surface area (Å²) in [6.07, 6.45) is 1.96. The second kappa shape index (κ2) is 8.84. The van der Waals surface area contributed by atoms with Crippen molar-refractivity contribution in [3.05, 3.63) is 106 Å². The molecular formula is C22H17ClFNS.